The van der Waals surface area contributed by atoms with Crippen LogP contribution in [0.3, 0.4) is 0 Å². The predicted molar refractivity (Wildman–Crippen MR) is 120 cm³/mol. The summed E-state index contributed by atoms with van der Waals surface area (Å²) >= 11 is 0. The molecular formula is C26H27NO4. The molecule has 0 radical (unpaired) electrons. The van der Waals surface area contributed by atoms with E-state index in [1.54, 1.807) is 14.2 Å². The number of benzene rings is 3. The summed E-state index contributed by atoms with van der Waals surface area (Å²) in [6.07, 6.45) is 0.137. The molecule has 5 nitrogen and oxygen atoms in total. The van der Waals surface area contributed by atoms with Crippen LogP contribution in [0.25, 0.3) is 0 Å². The Morgan fingerprint density at radius 3 is 2.19 bits per heavy atom. The Morgan fingerprint density at radius 1 is 0.935 bits per heavy atom. The van der Waals surface area contributed by atoms with Crippen LogP contribution in [0.4, 0.5) is 0 Å². The Kier molecular flexibility index (Phi) is 6.12. The van der Waals surface area contributed by atoms with Crippen molar-refractivity contribution in [3.8, 4) is 17.2 Å². The number of hydrogen-bond acceptors (Lipinski definition) is 4. The molecule has 0 aromatic heterocycles. The number of nitrogens with zero attached hydrogens (tertiary/aromatic N) is 1. The van der Waals surface area contributed by atoms with E-state index in [2.05, 4.69) is 12.1 Å². The predicted octanol–water partition coefficient (Wildman–Crippen LogP) is 4.65. The molecule has 0 N–H and O–H groups in total. The third-order valence-electron chi connectivity index (χ3n) is 5.68. The van der Waals surface area contributed by atoms with E-state index in [0.717, 1.165) is 23.1 Å². The second-order valence-corrected chi connectivity index (χ2v) is 7.57. The SMILES string of the molecule is COc1cc2c(cc1OC)C(c1ccccc1)N(C(=O)C(C)Oc1ccccc1)CC2. The number of rotatable bonds is 6. The number of amides is 1. The van der Waals surface area contributed by atoms with E-state index in [4.69, 9.17) is 14.2 Å². The molecular weight excluding hydrogens is 390 g/mol. The first kappa shape index (κ1) is 20.8. The van der Waals surface area contributed by atoms with Crippen molar-refractivity contribution < 1.29 is 19.0 Å². The van der Waals surface area contributed by atoms with Gasteiger partial charge in [0, 0.05) is 6.54 Å². The fourth-order valence-electron chi connectivity index (χ4n) is 4.17. The van der Waals surface area contributed by atoms with E-state index < -0.39 is 6.10 Å². The van der Waals surface area contributed by atoms with Gasteiger partial charge in [0.15, 0.2) is 17.6 Å². The standard InChI is InChI=1S/C26H27NO4/c1-18(31-21-12-8-5-9-13-21)26(28)27-15-14-20-16-23(29-2)24(30-3)17-22(20)25(27)19-10-6-4-7-11-19/h4-13,16-18,25H,14-15H2,1-3H3. The molecule has 0 aliphatic carbocycles. The summed E-state index contributed by atoms with van der Waals surface area (Å²) in [6.45, 7) is 2.41. The number of fused-ring (bicyclic) bond motifs is 1. The third-order valence-corrected chi connectivity index (χ3v) is 5.68. The van der Waals surface area contributed by atoms with E-state index in [1.807, 2.05) is 72.5 Å². The highest BCUT2D eigenvalue weighted by Crippen LogP contribution is 2.41. The lowest BCUT2D eigenvalue weighted by molar-refractivity contribution is -0.140. The minimum atomic E-state index is -0.602. The number of para-hydroxylation sites is 1. The van der Waals surface area contributed by atoms with Gasteiger partial charge < -0.3 is 19.1 Å². The Bertz CT molecular complexity index is 1040. The molecule has 3 aromatic carbocycles. The molecule has 5 heteroatoms. The van der Waals surface area contributed by atoms with Gasteiger partial charge in [-0.3, -0.25) is 4.79 Å². The summed E-state index contributed by atoms with van der Waals surface area (Å²) in [6, 6.07) is 23.3. The maximum Gasteiger partial charge on any atom is 0.264 e. The van der Waals surface area contributed by atoms with Crippen LogP contribution >= 0.6 is 0 Å². The molecule has 160 valence electrons. The van der Waals surface area contributed by atoms with Crippen LogP contribution in [0.2, 0.25) is 0 Å². The largest absolute Gasteiger partial charge is 0.493 e. The fraction of sp³-hybridized carbons (Fsp3) is 0.269. The Balaban J connectivity index is 1.72. The second kappa shape index (κ2) is 9.13. The topological polar surface area (TPSA) is 48.0 Å². The monoisotopic (exact) mass is 417 g/mol. The zero-order valence-electron chi connectivity index (χ0n) is 18.1. The molecule has 1 aliphatic rings. The fourth-order valence-corrected chi connectivity index (χ4v) is 4.17. The van der Waals surface area contributed by atoms with Gasteiger partial charge in [-0.15, -0.1) is 0 Å². The molecule has 0 saturated heterocycles. The van der Waals surface area contributed by atoms with Crippen molar-refractivity contribution in [1.29, 1.82) is 0 Å². The highest BCUT2D eigenvalue weighted by molar-refractivity contribution is 5.82. The molecule has 2 atom stereocenters. The van der Waals surface area contributed by atoms with Crippen LogP contribution in [0.1, 0.15) is 29.7 Å². The smallest absolute Gasteiger partial charge is 0.264 e. The zero-order valence-corrected chi connectivity index (χ0v) is 18.1. The number of methoxy groups -OCH3 is 2. The zero-order chi connectivity index (χ0) is 21.8. The van der Waals surface area contributed by atoms with E-state index in [0.29, 0.717) is 23.8 Å². The molecule has 3 aromatic rings. The first-order chi connectivity index (χ1) is 15.1. The Morgan fingerprint density at radius 2 is 1.55 bits per heavy atom. The summed E-state index contributed by atoms with van der Waals surface area (Å²) in [5.74, 6) is 2.00. The lowest BCUT2D eigenvalue weighted by Crippen LogP contribution is -2.46. The summed E-state index contributed by atoms with van der Waals surface area (Å²) in [5, 5.41) is 0. The van der Waals surface area contributed by atoms with Crippen molar-refractivity contribution in [2.45, 2.75) is 25.5 Å². The highest BCUT2D eigenvalue weighted by atomic mass is 16.5. The molecule has 0 bridgehead atoms. The van der Waals surface area contributed by atoms with Crippen molar-refractivity contribution in [3.05, 3.63) is 89.5 Å². The average molecular weight is 418 g/mol. The average Bonchev–Trinajstić information content (AvgIpc) is 2.83. The summed E-state index contributed by atoms with van der Waals surface area (Å²) in [5.41, 5.74) is 3.26. The van der Waals surface area contributed by atoms with Crippen molar-refractivity contribution in [2.75, 3.05) is 20.8 Å². The number of carbonyl (C=O) groups is 1. The third kappa shape index (κ3) is 4.22. The Hall–Kier alpha value is -3.47. The molecule has 2 unspecified atom stereocenters. The molecule has 1 aliphatic heterocycles. The molecule has 1 heterocycles. The highest BCUT2D eigenvalue weighted by Gasteiger charge is 2.35. The molecule has 0 spiro atoms. The van der Waals surface area contributed by atoms with E-state index in [1.165, 1.54) is 0 Å². The minimum absolute atomic E-state index is 0.0434. The van der Waals surface area contributed by atoms with Gasteiger partial charge in [-0.25, -0.2) is 0 Å². The minimum Gasteiger partial charge on any atom is -0.493 e. The molecule has 0 saturated carbocycles. The number of ether oxygens (including phenoxy) is 3. The van der Waals surface area contributed by atoms with Gasteiger partial charge in [0.05, 0.1) is 20.3 Å². The van der Waals surface area contributed by atoms with Crippen LogP contribution in [-0.2, 0) is 11.2 Å². The van der Waals surface area contributed by atoms with Crippen molar-refractivity contribution >= 4 is 5.91 Å². The number of carbonyl (C=O) groups excluding carboxylic acids is 1. The second-order valence-electron chi connectivity index (χ2n) is 7.57. The first-order valence-electron chi connectivity index (χ1n) is 10.4. The van der Waals surface area contributed by atoms with Gasteiger partial charge >= 0.3 is 0 Å². The van der Waals surface area contributed by atoms with Gasteiger partial charge in [0.25, 0.3) is 5.91 Å². The van der Waals surface area contributed by atoms with Crippen LogP contribution in [0, 0.1) is 0 Å². The van der Waals surface area contributed by atoms with E-state index >= 15 is 0 Å². The van der Waals surface area contributed by atoms with Crippen LogP contribution in [-0.4, -0.2) is 37.7 Å². The van der Waals surface area contributed by atoms with Crippen LogP contribution < -0.4 is 14.2 Å². The van der Waals surface area contributed by atoms with Crippen molar-refractivity contribution in [1.82, 2.24) is 4.90 Å². The lowest BCUT2D eigenvalue weighted by Gasteiger charge is -2.39. The Labute approximate surface area is 183 Å². The van der Waals surface area contributed by atoms with Crippen LogP contribution in [0.15, 0.2) is 72.8 Å². The molecule has 1 amide bonds. The maximum absolute atomic E-state index is 13.5. The van der Waals surface area contributed by atoms with Crippen molar-refractivity contribution in [3.63, 3.8) is 0 Å². The summed E-state index contributed by atoms with van der Waals surface area (Å²) in [4.78, 5) is 15.4. The van der Waals surface area contributed by atoms with Gasteiger partial charge in [-0.2, -0.15) is 0 Å². The molecule has 31 heavy (non-hydrogen) atoms. The maximum atomic E-state index is 13.5. The van der Waals surface area contributed by atoms with Crippen molar-refractivity contribution in [2.24, 2.45) is 0 Å². The lowest BCUT2D eigenvalue weighted by atomic mass is 9.87. The van der Waals surface area contributed by atoms with Gasteiger partial charge in [0.2, 0.25) is 0 Å². The normalized spacial score (nSPS) is 16.2. The first-order valence-corrected chi connectivity index (χ1v) is 10.4. The quantitative estimate of drug-likeness (QED) is 0.586. The summed E-state index contributed by atoms with van der Waals surface area (Å²) < 4.78 is 17.0. The van der Waals surface area contributed by atoms with E-state index in [9.17, 15) is 4.79 Å². The van der Waals surface area contributed by atoms with Gasteiger partial charge in [-0.05, 0) is 54.3 Å². The molecule has 0 fully saturated rings. The van der Waals surface area contributed by atoms with Crippen LogP contribution in [0.5, 0.6) is 17.2 Å². The van der Waals surface area contributed by atoms with Gasteiger partial charge in [-0.1, -0.05) is 48.5 Å². The summed E-state index contributed by atoms with van der Waals surface area (Å²) in [7, 11) is 3.27. The molecule has 4 rings (SSSR count). The number of hydrogen-bond donors (Lipinski definition) is 0. The van der Waals surface area contributed by atoms with Gasteiger partial charge in [0.1, 0.15) is 5.75 Å². The van der Waals surface area contributed by atoms with E-state index in [-0.39, 0.29) is 11.9 Å².